The molecule has 0 aliphatic carbocycles. The maximum atomic E-state index is 13.1. The molecule has 1 aromatic carbocycles. The minimum Gasteiger partial charge on any atom is -0.294 e. The van der Waals surface area contributed by atoms with Crippen molar-refractivity contribution in [3.8, 4) is 0 Å². The number of Topliss-reactive ketones (excluding diaryl/α,β-unsaturated/α-hetero) is 1. The fourth-order valence-electron chi connectivity index (χ4n) is 1.15. The summed E-state index contributed by atoms with van der Waals surface area (Å²) in [6, 6.07) is 3.02. The number of hydrogen-bond donors (Lipinski definition) is 0. The topological polar surface area (TPSA) is 17.1 Å². The van der Waals surface area contributed by atoms with Crippen molar-refractivity contribution >= 4 is 21.7 Å². The highest BCUT2D eigenvalue weighted by Crippen LogP contribution is 2.20. The second-order valence-corrected chi connectivity index (χ2v) is 3.55. The van der Waals surface area contributed by atoms with E-state index in [1.807, 2.05) is 0 Å². The van der Waals surface area contributed by atoms with Crippen molar-refractivity contribution < 1.29 is 9.18 Å². The minimum atomic E-state index is -0.464. The average molecular weight is 231 g/mol. The molecule has 12 heavy (non-hydrogen) atoms. The number of carbonyl (C=O) groups excluding carboxylic acids is 1. The zero-order valence-corrected chi connectivity index (χ0v) is 8.40. The number of hydrogen-bond acceptors (Lipinski definition) is 1. The molecule has 0 radical (unpaired) electrons. The molecule has 0 N–H and O–H groups in total. The number of aryl methyl sites for hydroxylation is 1. The Hall–Kier alpha value is -0.700. The van der Waals surface area contributed by atoms with Crippen molar-refractivity contribution in [3.63, 3.8) is 0 Å². The lowest BCUT2D eigenvalue weighted by Crippen LogP contribution is -2.00. The van der Waals surface area contributed by atoms with Crippen LogP contribution in [0.25, 0.3) is 0 Å². The Labute approximate surface area is 78.7 Å². The van der Waals surface area contributed by atoms with Gasteiger partial charge in [-0.1, -0.05) is 15.9 Å². The molecular formula is C9H8BrFO. The molecule has 0 heterocycles. The van der Waals surface area contributed by atoms with Gasteiger partial charge >= 0.3 is 0 Å². The summed E-state index contributed by atoms with van der Waals surface area (Å²) in [7, 11) is 0. The second kappa shape index (κ2) is 3.35. The van der Waals surface area contributed by atoms with E-state index < -0.39 is 5.82 Å². The van der Waals surface area contributed by atoms with Gasteiger partial charge in [-0.25, -0.2) is 4.39 Å². The van der Waals surface area contributed by atoms with Crippen LogP contribution >= 0.6 is 15.9 Å². The lowest BCUT2D eigenvalue weighted by Gasteiger charge is -2.03. The van der Waals surface area contributed by atoms with E-state index in [-0.39, 0.29) is 11.3 Å². The summed E-state index contributed by atoms with van der Waals surface area (Å²) in [6.07, 6.45) is 0. The van der Waals surface area contributed by atoms with Crippen LogP contribution in [-0.4, -0.2) is 5.78 Å². The lowest BCUT2D eigenvalue weighted by molar-refractivity contribution is 0.101. The Morgan fingerprint density at radius 1 is 1.50 bits per heavy atom. The van der Waals surface area contributed by atoms with E-state index in [0.717, 1.165) is 0 Å². The summed E-state index contributed by atoms with van der Waals surface area (Å²) in [4.78, 5) is 10.9. The number of benzene rings is 1. The fourth-order valence-corrected chi connectivity index (χ4v) is 1.69. The Bertz CT molecular complexity index is 310. The summed E-state index contributed by atoms with van der Waals surface area (Å²) in [5, 5.41) is 0. The van der Waals surface area contributed by atoms with Gasteiger partial charge in [-0.3, -0.25) is 4.79 Å². The molecular weight excluding hydrogens is 223 g/mol. The number of ketones is 1. The molecule has 0 fully saturated rings. The SMILES string of the molecule is CC(=O)c1c(C)cc(Br)cc1F. The first-order chi connectivity index (χ1) is 5.52. The molecule has 0 aliphatic rings. The van der Waals surface area contributed by atoms with Gasteiger partial charge in [0.05, 0.1) is 5.56 Å². The van der Waals surface area contributed by atoms with E-state index in [1.165, 1.54) is 13.0 Å². The first-order valence-corrected chi connectivity index (χ1v) is 4.28. The maximum Gasteiger partial charge on any atom is 0.163 e. The van der Waals surface area contributed by atoms with Crippen LogP contribution in [-0.2, 0) is 0 Å². The fraction of sp³-hybridized carbons (Fsp3) is 0.222. The van der Waals surface area contributed by atoms with E-state index in [2.05, 4.69) is 15.9 Å². The molecule has 64 valence electrons. The molecule has 0 amide bonds. The van der Waals surface area contributed by atoms with Gasteiger partial charge in [0.1, 0.15) is 5.82 Å². The standard InChI is InChI=1S/C9H8BrFO/c1-5-3-7(10)4-8(11)9(5)6(2)12/h3-4H,1-2H3. The quantitative estimate of drug-likeness (QED) is 0.678. The Morgan fingerprint density at radius 2 is 2.08 bits per heavy atom. The van der Waals surface area contributed by atoms with Gasteiger partial charge in [0, 0.05) is 4.47 Å². The van der Waals surface area contributed by atoms with Crippen LogP contribution in [0.3, 0.4) is 0 Å². The third-order valence-corrected chi connectivity index (χ3v) is 2.06. The minimum absolute atomic E-state index is 0.179. The first-order valence-electron chi connectivity index (χ1n) is 3.49. The van der Waals surface area contributed by atoms with Crippen LogP contribution in [0, 0.1) is 12.7 Å². The van der Waals surface area contributed by atoms with Crippen molar-refractivity contribution in [2.45, 2.75) is 13.8 Å². The van der Waals surface area contributed by atoms with Crippen molar-refractivity contribution in [1.82, 2.24) is 0 Å². The average Bonchev–Trinajstić information content (AvgIpc) is 1.82. The highest BCUT2D eigenvalue weighted by atomic mass is 79.9. The third-order valence-electron chi connectivity index (χ3n) is 1.60. The summed E-state index contributed by atoms with van der Waals surface area (Å²) >= 11 is 3.14. The zero-order chi connectivity index (χ0) is 9.30. The van der Waals surface area contributed by atoms with Gasteiger partial charge in [-0.2, -0.15) is 0 Å². The Kier molecular flexibility index (Phi) is 2.62. The van der Waals surface area contributed by atoms with Crippen LogP contribution in [0.15, 0.2) is 16.6 Å². The molecule has 0 saturated carbocycles. The summed E-state index contributed by atoms with van der Waals surface area (Å²) < 4.78 is 13.8. The van der Waals surface area contributed by atoms with Crippen LogP contribution < -0.4 is 0 Å². The lowest BCUT2D eigenvalue weighted by atomic mass is 10.1. The van der Waals surface area contributed by atoms with Crippen molar-refractivity contribution in [2.24, 2.45) is 0 Å². The number of carbonyl (C=O) groups is 1. The van der Waals surface area contributed by atoms with Gasteiger partial charge in [-0.05, 0) is 31.5 Å². The van der Waals surface area contributed by atoms with Gasteiger partial charge in [0.2, 0.25) is 0 Å². The Morgan fingerprint density at radius 3 is 2.50 bits per heavy atom. The van der Waals surface area contributed by atoms with Gasteiger partial charge < -0.3 is 0 Å². The van der Waals surface area contributed by atoms with Gasteiger partial charge in [0.25, 0.3) is 0 Å². The van der Waals surface area contributed by atoms with E-state index in [4.69, 9.17) is 0 Å². The highest BCUT2D eigenvalue weighted by molar-refractivity contribution is 9.10. The van der Waals surface area contributed by atoms with Gasteiger partial charge in [0.15, 0.2) is 5.78 Å². The molecule has 0 atom stereocenters. The normalized spacial score (nSPS) is 10.0. The summed E-state index contributed by atoms with van der Waals surface area (Å²) in [6.45, 7) is 3.07. The Balaban J connectivity index is 3.38. The molecule has 0 aromatic heterocycles. The van der Waals surface area contributed by atoms with Crippen LogP contribution in [0.4, 0.5) is 4.39 Å². The molecule has 1 nitrogen and oxygen atoms in total. The summed E-state index contributed by atoms with van der Waals surface area (Å²) in [5.74, 6) is -0.702. The molecule has 0 unspecified atom stereocenters. The maximum absolute atomic E-state index is 13.1. The molecule has 1 rings (SSSR count). The third kappa shape index (κ3) is 1.72. The molecule has 1 aromatic rings. The molecule has 0 bridgehead atoms. The van der Waals surface area contributed by atoms with E-state index in [1.54, 1.807) is 13.0 Å². The van der Waals surface area contributed by atoms with Crippen LogP contribution in [0.5, 0.6) is 0 Å². The smallest absolute Gasteiger partial charge is 0.163 e. The second-order valence-electron chi connectivity index (χ2n) is 2.64. The van der Waals surface area contributed by atoms with E-state index in [0.29, 0.717) is 10.0 Å². The monoisotopic (exact) mass is 230 g/mol. The van der Waals surface area contributed by atoms with Crippen molar-refractivity contribution in [3.05, 3.63) is 33.5 Å². The largest absolute Gasteiger partial charge is 0.294 e. The van der Waals surface area contributed by atoms with Gasteiger partial charge in [-0.15, -0.1) is 0 Å². The summed E-state index contributed by atoms with van der Waals surface area (Å²) in [5.41, 5.74) is 0.840. The van der Waals surface area contributed by atoms with E-state index in [9.17, 15) is 9.18 Å². The molecule has 0 aliphatic heterocycles. The highest BCUT2D eigenvalue weighted by Gasteiger charge is 2.10. The molecule has 0 saturated heterocycles. The zero-order valence-electron chi connectivity index (χ0n) is 6.82. The first kappa shape index (κ1) is 9.39. The van der Waals surface area contributed by atoms with E-state index >= 15 is 0 Å². The predicted octanol–water partition coefficient (Wildman–Crippen LogP) is 3.10. The predicted molar refractivity (Wildman–Crippen MR) is 48.8 cm³/mol. The number of halogens is 2. The molecule has 3 heteroatoms. The van der Waals surface area contributed by atoms with Crippen molar-refractivity contribution in [1.29, 1.82) is 0 Å². The molecule has 0 spiro atoms. The van der Waals surface area contributed by atoms with Crippen LogP contribution in [0.2, 0.25) is 0 Å². The number of rotatable bonds is 1. The van der Waals surface area contributed by atoms with Crippen LogP contribution in [0.1, 0.15) is 22.8 Å². The van der Waals surface area contributed by atoms with Crippen molar-refractivity contribution in [2.75, 3.05) is 0 Å².